The minimum Gasteiger partial charge on any atom is -0.487 e. The molecular formula is C18H19N3O2. The van der Waals surface area contributed by atoms with Crippen molar-refractivity contribution in [3.8, 4) is 16.9 Å². The summed E-state index contributed by atoms with van der Waals surface area (Å²) < 4.78 is 6.09. The van der Waals surface area contributed by atoms with Gasteiger partial charge in [0, 0.05) is 36.4 Å². The molecule has 1 aliphatic heterocycles. The van der Waals surface area contributed by atoms with Gasteiger partial charge in [0.15, 0.2) is 0 Å². The number of carbonyl (C=O) groups is 1. The third-order valence-electron chi connectivity index (χ3n) is 4.40. The number of para-hydroxylation sites is 1. The van der Waals surface area contributed by atoms with Gasteiger partial charge in [0.2, 0.25) is 5.91 Å². The van der Waals surface area contributed by atoms with Gasteiger partial charge in [-0.3, -0.25) is 4.79 Å². The number of hydrogen-bond donors (Lipinski definition) is 1. The van der Waals surface area contributed by atoms with E-state index in [9.17, 15) is 4.79 Å². The van der Waals surface area contributed by atoms with Crippen molar-refractivity contribution in [3.05, 3.63) is 42.5 Å². The van der Waals surface area contributed by atoms with Gasteiger partial charge in [0.1, 0.15) is 18.2 Å². The largest absolute Gasteiger partial charge is 0.487 e. The number of hydrogen-bond acceptors (Lipinski definition) is 4. The molecule has 1 amide bonds. The molecule has 23 heavy (non-hydrogen) atoms. The number of nitrogens with zero attached hydrogens (tertiary/aromatic N) is 2. The SMILES string of the molecule is O=C(CC1CC1)NC[C@H]1Cc2cccc(-c3cncnc3)c2O1. The number of ether oxygens (including phenoxy) is 1. The van der Waals surface area contributed by atoms with Gasteiger partial charge in [-0.05, 0) is 24.3 Å². The fourth-order valence-corrected chi connectivity index (χ4v) is 3.00. The number of fused-ring (bicyclic) bond motifs is 1. The van der Waals surface area contributed by atoms with Crippen molar-refractivity contribution in [2.24, 2.45) is 5.92 Å². The van der Waals surface area contributed by atoms with Crippen LogP contribution >= 0.6 is 0 Å². The van der Waals surface area contributed by atoms with E-state index in [0.29, 0.717) is 18.9 Å². The summed E-state index contributed by atoms with van der Waals surface area (Å²) in [7, 11) is 0. The van der Waals surface area contributed by atoms with Crippen LogP contribution in [0.15, 0.2) is 36.9 Å². The summed E-state index contributed by atoms with van der Waals surface area (Å²) in [5.41, 5.74) is 3.13. The Labute approximate surface area is 135 Å². The molecule has 4 rings (SSSR count). The van der Waals surface area contributed by atoms with Crippen LogP contribution in [0.1, 0.15) is 24.8 Å². The van der Waals surface area contributed by atoms with Crippen LogP contribution in [0.4, 0.5) is 0 Å². The molecule has 0 saturated heterocycles. The first-order valence-electron chi connectivity index (χ1n) is 8.10. The monoisotopic (exact) mass is 309 g/mol. The van der Waals surface area contributed by atoms with Crippen LogP contribution in [0.25, 0.3) is 11.1 Å². The van der Waals surface area contributed by atoms with Crippen molar-refractivity contribution in [2.45, 2.75) is 31.8 Å². The number of carbonyl (C=O) groups excluding carboxylic acids is 1. The Morgan fingerprint density at radius 3 is 2.87 bits per heavy atom. The fourth-order valence-electron chi connectivity index (χ4n) is 3.00. The molecule has 1 aliphatic carbocycles. The molecule has 2 heterocycles. The molecule has 1 atom stereocenters. The van der Waals surface area contributed by atoms with Crippen molar-refractivity contribution in [2.75, 3.05) is 6.54 Å². The van der Waals surface area contributed by atoms with E-state index in [0.717, 1.165) is 23.3 Å². The molecule has 0 bridgehead atoms. The Morgan fingerprint density at radius 2 is 2.09 bits per heavy atom. The van der Waals surface area contributed by atoms with Crippen LogP contribution in [-0.4, -0.2) is 28.5 Å². The maximum Gasteiger partial charge on any atom is 0.220 e. The summed E-state index contributed by atoms with van der Waals surface area (Å²) in [6, 6.07) is 6.12. The highest BCUT2D eigenvalue weighted by Crippen LogP contribution is 2.38. The zero-order valence-electron chi connectivity index (χ0n) is 12.9. The molecule has 1 N–H and O–H groups in total. The smallest absolute Gasteiger partial charge is 0.220 e. The predicted octanol–water partition coefficient (Wildman–Crippen LogP) is 2.36. The number of nitrogens with one attached hydrogen (secondary N) is 1. The third-order valence-corrected chi connectivity index (χ3v) is 4.40. The first kappa shape index (κ1) is 14.2. The van der Waals surface area contributed by atoms with E-state index >= 15 is 0 Å². The van der Waals surface area contributed by atoms with Crippen molar-refractivity contribution in [1.82, 2.24) is 15.3 Å². The highest BCUT2D eigenvalue weighted by atomic mass is 16.5. The van der Waals surface area contributed by atoms with E-state index in [1.165, 1.54) is 24.7 Å². The molecule has 1 aromatic carbocycles. The second-order valence-electron chi connectivity index (χ2n) is 6.32. The molecule has 118 valence electrons. The molecule has 1 fully saturated rings. The van der Waals surface area contributed by atoms with Gasteiger partial charge in [0.25, 0.3) is 0 Å². The lowest BCUT2D eigenvalue weighted by Gasteiger charge is -2.13. The van der Waals surface area contributed by atoms with Gasteiger partial charge in [-0.25, -0.2) is 9.97 Å². The Bertz CT molecular complexity index is 713. The Kier molecular flexibility index (Phi) is 3.69. The van der Waals surface area contributed by atoms with Gasteiger partial charge in [0.05, 0.1) is 6.54 Å². The van der Waals surface area contributed by atoms with Gasteiger partial charge < -0.3 is 10.1 Å². The maximum absolute atomic E-state index is 11.8. The van der Waals surface area contributed by atoms with E-state index in [4.69, 9.17) is 4.74 Å². The van der Waals surface area contributed by atoms with Crippen LogP contribution in [0.3, 0.4) is 0 Å². The summed E-state index contributed by atoms with van der Waals surface area (Å²) >= 11 is 0. The molecule has 0 unspecified atom stereocenters. The minimum atomic E-state index is -0.000987. The van der Waals surface area contributed by atoms with Crippen LogP contribution in [-0.2, 0) is 11.2 Å². The zero-order chi connectivity index (χ0) is 15.6. The van der Waals surface area contributed by atoms with E-state index in [1.54, 1.807) is 12.4 Å². The highest BCUT2D eigenvalue weighted by molar-refractivity contribution is 5.76. The van der Waals surface area contributed by atoms with Gasteiger partial charge in [-0.15, -0.1) is 0 Å². The standard InChI is InChI=1S/C18H19N3O2/c22-17(6-12-4-5-12)21-10-15-7-13-2-1-3-16(18(13)23-15)14-8-19-11-20-9-14/h1-3,8-9,11-12,15H,4-7,10H2,(H,21,22)/t15-/m1/s1. The van der Waals surface area contributed by atoms with Crippen LogP contribution < -0.4 is 10.1 Å². The second kappa shape index (κ2) is 5.99. The van der Waals surface area contributed by atoms with Crippen molar-refractivity contribution < 1.29 is 9.53 Å². The lowest BCUT2D eigenvalue weighted by Crippen LogP contribution is -2.34. The highest BCUT2D eigenvalue weighted by Gasteiger charge is 2.28. The van der Waals surface area contributed by atoms with Crippen LogP contribution in [0.5, 0.6) is 5.75 Å². The quantitative estimate of drug-likeness (QED) is 0.921. The second-order valence-corrected chi connectivity index (χ2v) is 6.32. The number of aromatic nitrogens is 2. The van der Waals surface area contributed by atoms with E-state index in [1.807, 2.05) is 12.1 Å². The Balaban J connectivity index is 1.44. The normalized spacial score (nSPS) is 19.0. The minimum absolute atomic E-state index is 0.000987. The molecule has 0 radical (unpaired) electrons. The van der Waals surface area contributed by atoms with E-state index in [-0.39, 0.29) is 12.0 Å². The number of benzene rings is 1. The average molecular weight is 309 g/mol. The summed E-state index contributed by atoms with van der Waals surface area (Å²) in [6.45, 7) is 0.560. The maximum atomic E-state index is 11.8. The first-order valence-corrected chi connectivity index (χ1v) is 8.10. The third kappa shape index (κ3) is 3.18. The van der Waals surface area contributed by atoms with E-state index < -0.39 is 0 Å². The lowest BCUT2D eigenvalue weighted by molar-refractivity contribution is -0.121. The summed E-state index contributed by atoms with van der Waals surface area (Å²) in [5, 5.41) is 3.00. The molecule has 0 spiro atoms. The lowest BCUT2D eigenvalue weighted by atomic mass is 10.0. The summed E-state index contributed by atoms with van der Waals surface area (Å²) in [6.07, 6.45) is 8.97. The topological polar surface area (TPSA) is 64.1 Å². The van der Waals surface area contributed by atoms with Gasteiger partial charge in [-0.2, -0.15) is 0 Å². The number of rotatable bonds is 5. The molecular weight excluding hydrogens is 290 g/mol. The first-order chi connectivity index (χ1) is 11.3. The zero-order valence-corrected chi connectivity index (χ0v) is 12.9. The Morgan fingerprint density at radius 1 is 1.26 bits per heavy atom. The van der Waals surface area contributed by atoms with E-state index in [2.05, 4.69) is 21.4 Å². The Hall–Kier alpha value is -2.43. The van der Waals surface area contributed by atoms with Gasteiger partial charge in [-0.1, -0.05) is 18.2 Å². The van der Waals surface area contributed by atoms with Gasteiger partial charge >= 0.3 is 0 Å². The van der Waals surface area contributed by atoms with Crippen molar-refractivity contribution in [3.63, 3.8) is 0 Å². The molecule has 5 nitrogen and oxygen atoms in total. The van der Waals surface area contributed by atoms with Crippen LogP contribution in [0.2, 0.25) is 0 Å². The van der Waals surface area contributed by atoms with Crippen molar-refractivity contribution in [1.29, 1.82) is 0 Å². The van der Waals surface area contributed by atoms with Crippen molar-refractivity contribution >= 4 is 5.91 Å². The van der Waals surface area contributed by atoms with Crippen LogP contribution in [0, 0.1) is 5.92 Å². The molecule has 2 aliphatic rings. The summed E-state index contributed by atoms with van der Waals surface area (Å²) in [4.78, 5) is 20.0. The molecule has 2 aromatic rings. The fraction of sp³-hybridized carbons (Fsp3) is 0.389. The summed E-state index contributed by atoms with van der Waals surface area (Å²) in [5.74, 6) is 1.65. The molecule has 1 saturated carbocycles. The molecule has 5 heteroatoms. The molecule has 1 aromatic heterocycles. The predicted molar refractivity (Wildman–Crippen MR) is 85.9 cm³/mol. The number of amides is 1. The average Bonchev–Trinajstić information content (AvgIpc) is 3.28.